The molecule has 0 aromatic carbocycles. The number of unbranched alkanes of at least 4 members (excludes halogenated alkanes) is 5. The largest absolute Gasteiger partial charge is 0.326 e. The van der Waals surface area contributed by atoms with Gasteiger partial charge in [0.1, 0.15) is 0 Å². The fourth-order valence-electron chi connectivity index (χ4n) is 2.30. The van der Waals surface area contributed by atoms with Gasteiger partial charge in [-0.3, -0.25) is 10.1 Å². The van der Waals surface area contributed by atoms with Gasteiger partial charge in [-0.25, -0.2) is 0 Å². The molecule has 1 aliphatic rings. The zero-order valence-electron chi connectivity index (χ0n) is 10.8. The van der Waals surface area contributed by atoms with Crippen LogP contribution in [-0.2, 0) is 4.79 Å². The molecule has 1 fully saturated rings. The first kappa shape index (κ1) is 13.5. The van der Waals surface area contributed by atoms with Crippen LogP contribution in [0.4, 0.5) is 0 Å². The van der Waals surface area contributed by atoms with Gasteiger partial charge in [-0.15, -0.1) is 0 Å². The van der Waals surface area contributed by atoms with Gasteiger partial charge in [0.15, 0.2) is 0 Å². The maximum atomic E-state index is 11.6. The minimum atomic E-state index is 0.278. The Balaban J connectivity index is 2.09. The Labute approximate surface area is 99.6 Å². The van der Waals surface area contributed by atoms with Crippen molar-refractivity contribution in [3.63, 3.8) is 0 Å². The number of nitrogens with zero attached hydrogens (tertiary/aromatic N) is 1. The fourth-order valence-corrected chi connectivity index (χ4v) is 2.30. The lowest BCUT2D eigenvalue weighted by Crippen LogP contribution is -2.37. The van der Waals surface area contributed by atoms with E-state index in [1.807, 2.05) is 4.90 Å². The highest BCUT2D eigenvalue weighted by Gasteiger charge is 2.27. The molecule has 16 heavy (non-hydrogen) atoms. The summed E-state index contributed by atoms with van der Waals surface area (Å²) < 4.78 is 0. The third-order valence-electron chi connectivity index (χ3n) is 3.32. The van der Waals surface area contributed by atoms with E-state index in [1.54, 1.807) is 0 Å². The minimum absolute atomic E-state index is 0.278. The van der Waals surface area contributed by atoms with E-state index in [1.165, 1.54) is 32.1 Å². The van der Waals surface area contributed by atoms with Crippen LogP contribution in [0.15, 0.2) is 0 Å². The standard InChI is InChI=1S/C13H26N2O/c1-3-5-6-7-8-9-10-15-12(4-2)14-11-13(15)16/h12,14H,3-11H2,1-2H3. The molecule has 0 radical (unpaired) electrons. The first-order valence-corrected chi connectivity index (χ1v) is 6.82. The molecule has 1 atom stereocenters. The lowest BCUT2D eigenvalue weighted by molar-refractivity contribution is -0.128. The third-order valence-corrected chi connectivity index (χ3v) is 3.32. The molecule has 1 saturated heterocycles. The number of carbonyl (C=O) groups excluding carboxylic acids is 1. The average molecular weight is 226 g/mol. The summed E-state index contributed by atoms with van der Waals surface area (Å²) in [5.41, 5.74) is 0. The maximum Gasteiger partial charge on any atom is 0.237 e. The Morgan fingerprint density at radius 2 is 1.88 bits per heavy atom. The smallest absolute Gasteiger partial charge is 0.237 e. The van der Waals surface area contributed by atoms with Crippen molar-refractivity contribution in [1.82, 2.24) is 10.2 Å². The number of rotatable bonds is 8. The van der Waals surface area contributed by atoms with Crippen molar-refractivity contribution in [1.29, 1.82) is 0 Å². The predicted molar refractivity (Wildman–Crippen MR) is 67.2 cm³/mol. The summed E-state index contributed by atoms with van der Waals surface area (Å²) in [6, 6.07) is 0. The van der Waals surface area contributed by atoms with Crippen LogP contribution < -0.4 is 5.32 Å². The molecule has 94 valence electrons. The van der Waals surface area contributed by atoms with Crippen molar-refractivity contribution >= 4 is 5.91 Å². The summed E-state index contributed by atoms with van der Waals surface area (Å²) in [5.74, 6) is 0.278. The topological polar surface area (TPSA) is 32.3 Å². The first-order chi connectivity index (χ1) is 7.79. The molecule has 0 bridgehead atoms. The van der Waals surface area contributed by atoms with Crippen LogP contribution in [0.2, 0.25) is 0 Å². The zero-order chi connectivity index (χ0) is 11.8. The van der Waals surface area contributed by atoms with Gasteiger partial charge in [-0.05, 0) is 12.8 Å². The van der Waals surface area contributed by atoms with E-state index in [2.05, 4.69) is 19.2 Å². The van der Waals surface area contributed by atoms with E-state index in [4.69, 9.17) is 0 Å². The van der Waals surface area contributed by atoms with E-state index in [0.29, 0.717) is 12.7 Å². The second-order valence-electron chi connectivity index (χ2n) is 4.66. The van der Waals surface area contributed by atoms with Gasteiger partial charge in [-0.1, -0.05) is 46.0 Å². The molecule has 1 rings (SSSR count). The van der Waals surface area contributed by atoms with Crippen molar-refractivity contribution in [3.8, 4) is 0 Å². The summed E-state index contributed by atoms with van der Waals surface area (Å²) in [5, 5.41) is 3.24. The van der Waals surface area contributed by atoms with Gasteiger partial charge in [0.25, 0.3) is 0 Å². The molecule has 1 unspecified atom stereocenters. The molecule has 1 N–H and O–H groups in total. The molecule has 1 amide bonds. The number of hydrogen-bond acceptors (Lipinski definition) is 2. The van der Waals surface area contributed by atoms with Crippen molar-refractivity contribution in [3.05, 3.63) is 0 Å². The van der Waals surface area contributed by atoms with E-state index in [9.17, 15) is 4.79 Å². The molecule has 3 nitrogen and oxygen atoms in total. The number of hydrogen-bond donors (Lipinski definition) is 1. The highest BCUT2D eigenvalue weighted by molar-refractivity contribution is 5.80. The Morgan fingerprint density at radius 1 is 1.19 bits per heavy atom. The van der Waals surface area contributed by atoms with Crippen molar-refractivity contribution in [2.75, 3.05) is 13.1 Å². The van der Waals surface area contributed by atoms with E-state index in [-0.39, 0.29) is 5.91 Å². The summed E-state index contributed by atoms with van der Waals surface area (Å²) in [4.78, 5) is 13.6. The van der Waals surface area contributed by atoms with Crippen LogP contribution >= 0.6 is 0 Å². The Kier molecular flexibility index (Phi) is 6.46. The Bertz CT molecular complexity index is 206. The van der Waals surface area contributed by atoms with Crippen LogP contribution in [0.5, 0.6) is 0 Å². The van der Waals surface area contributed by atoms with Gasteiger partial charge < -0.3 is 4.90 Å². The predicted octanol–water partition coefficient (Wildman–Crippen LogP) is 2.51. The second kappa shape index (κ2) is 7.66. The molecule has 0 saturated carbocycles. The minimum Gasteiger partial charge on any atom is -0.326 e. The van der Waals surface area contributed by atoms with Crippen molar-refractivity contribution in [2.24, 2.45) is 0 Å². The second-order valence-corrected chi connectivity index (χ2v) is 4.66. The van der Waals surface area contributed by atoms with Gasteiger partial charge in [0, 0.05) is 6.54 Å². The number of nitrogens with one attached hydrogen (secondary N) is 1. The first-order valence-electron chi connectivity index (χ1n) is 6.82. The summed E-state index contributed by atoms with van der Waals surface area (Å²) in [6.45, 7) is 5.84. The number of carbonyl (C=O) groups is 1. The number of amides is 1. The van der Waals surface area contributed by atoms with E-state index in [0.717, 1.165) is 19.4 Å². The Hall–Kier alpha value is -0.570. The van der Waals surface area contributed by atoms with Crippen LogP contribution in [0.25, 0.3) is 0 Å². The molecular formula is C13H26N2O. The SMILES string of the molecule is CCCCCCCCN1C(=O)CNC1CC. The zero-order valence-corrected chi connectivity index (χ0v) is 10.8. The molecule has 0 aliphatic carbocycles. The quantitative estimate of drug-likeness (QED) is 0.645. The van der Waals surface area contributed by atoms with Crippen LogP contribution in [0, 0.1) is 0 Å². The average Bonchev–Trinajstić information content (AvgIpc) is 2.65. The van der Waals surface area contributed by atoms with Crippen LogP contribution in [0.3, 0.4) is 0 Å². The lowest BCUT2D eigenvalue weighted by Gasteiger charge is -2.23. The van der Waals surface area contributed by atoms with Crippen LogP contribution in [-0.4, -0.2) is 30.1 Å². The monoisotopic (exact) mass is 226 g/mol. The fraction of sp³-hybridized carbons (Fsp3) is 0.923. The lowest BCUT2D eigenvalue weighted by atomic mass is 10.1. The summed E-state index contributed by atoms with van der Waals surface area (Å²) >= 11 is 0. The van der Waals surface area contributed by atoms with Crippen LogP contribution in [0.1, 0.15) is 58.8 Å². The molecule has 0 aromatic heterocycles. The van der Waals surface area contributed by atoms with Gasteiger partial charge >= 0.3 is 0 Å². The molecule has 1 heterocycles. The van der Waals surface area contributed by atoms with Gasteiger partial charge in [-0.2, -0.15) is 0 Å². The molecular weight excluding hydrogens is 200 g/mol. The third kappa shape index (κ3) is 4.12. The highest BCUT2D eigenvalue weighted by Crippen LogP contribution is 2.11. The molecule has 0 spiro atoms. The van der Waals surface area contributed by atoms with Crippen molar-refractivity contribution in [2.45, 2.75) is 65.0 Å². The van der Waals surface area contributed by atoms with Gasteiger partial charge in [0.05, 0.1) is 12.7 Å². The van der Waals surface area contributed by atoms with E-state index < -0.39 is 0 Å². The Morgan fingerprint density at radius 3 is 2.56 bits per heavy atom. The molecule has 0 aromatic rings. The molecule has 3 heteroatoms. The van der Waals surface area contributed by atoms with Gasteiger partial charge in [0.2, 0.25) is 5.91 Å². The summed E-state index contributed by atoms with van der Waals surface area (Å²) in [6.07, 6.45) is 9.05. The normalized spacial score (nSPS) is 20.8. The summed E-state index contributed by atoms with van der Waals surface area (Å²) in [7, 11) is 0. The van der Waals surface area contributed by atoms with E-state index >= 15 is 0 Å². The molecule has 1 aliphatic heterocycles. The van der Waals surface area contributed by atoms with Crippen molar-refractivity contribution < 1.29 is 4.79 Å². The highest BCUT2D eigenvalue weighted by atomic mass is 16.2. The maximum absolute atomic E-state index is 11.6.